The van der Waals surface area contributed by atoms with E-state index < -0.39 is 23.1 Å². The van der Waals surface area contributed by atoms with Crippen LogP contribution in [0.3, 0.4) is 0 Å². The molecule has 0 radical (unpaired) electrons. The van der Waals surface area contributed by atoms with E-state index in [-0.39, 0.29) is 45.5 Å². The Hall–Kier alpha value is -3.75. The second-order valence-electron chi connectivity index (χ2n) is 13.6. The molecule has 3 saturated carbocycles. The van der Waals surface area contributed by atoms with E-state index >= 15 is 0 Å². The van der Waals surface area contributed by atoms with Crippen LogP contribution in [0.1, 0.15) is 67.7 Å². The van der Waals surface area contributed by atoms with Crippen LogP contribution in [0.15, 0.2) is 48.6 Å². The van der Waals surface area contributed by atoms with Crippen LogP contribution in [0.4, 0.5) is 4.39 Å². The molecule has 11 heteroatoms. The molecule has 234 valence electrons. The third-order valence-corrected chi connectivity index (χ3v) is 12.3. The molecule has 0 bridgehead atoms. The fourth-order valence-corrected chi connectivity index (χ4v) is 10.3. The number of allylic oxidation sites excluding steroid dienone is 1. The molecule has 2 heterocycles. The Morgan fingerprint density at radius 3 is 2.73 bits per heavy atom. The number of hydrogen-bond acceptors (Lipinski definition) is 8. The molecular weight excluding hydrogens is 593 g/mol. The van der Waals surface area contributed by atoms with Crippen molar-refractivity contribution in [2.75, 3.05) is 5.75 Å². The molecule has 7 atom stereocenters. The van der Waals surface area contributed by atoms with Gasteiger partial charge in [0.2, 0.25) is 5.12 Å². The van der Waals surface area contributed by atoms with E-state index in [2.05, 4.69) is 23.1 Å². The molecule has 0 saturated heterocycles. The molecule has 4 aliphatic rings. The van der Waals surface area contributed by atoms with Crippen LogP contribution in [0, 0.1) is 45.7 Å². The maximum absolute atomic E-state index is 14.0. The fraction of sp³-hybridized carbons (Fsp3) is 0.500. The molecule has 3 aromatic rings. The summed E-state index contributed by atoms with van der Waals surface area (Å²) in [5, 5.41) is 25.7. The van der Waals surface area contributed by atoms with Gasteiger partial charge in [0, 0.05) is 18.7 Å². The molecule has 0 unspecified atom stereocenters. The summed E-state index contributed by atoms with van der Waals surface area (Å²) in [6.45, 7) is 4.25. The number of halogens is 1. The van der Waals surface area contributed by atoms with Crippen LogP contribution in [0.25, 0.3) is 11.8 Å². The van der Waals surface area contributed by atoms with E-state index in [1.807, 2.05) is 23.9 Å². The van der Waals surface area contributed by atoms with Crippen LogP contribution in [-0.4, -0.2) is 53.0 Å². The van der Waals surface area contributed by atoms with Crippen molar-refractivity contribution in [3.05, 3.63) is 71.3 Å². The smallest absolute Gasteiger partial charge is 0.359 e. The molecule has 7 rings (SSSR count). The molecule has 1 N–H and O–H groups in total. The van der Waals surface area contributed by atoms with E-state index in [9.17, 15) is 24.3 Å². The number of nitrogens with zero attached hydrogens (tertiary/aromatic N) is 5. The summed E-state index contributed by atoms with van der Waals surface area (Å²) in [4.78, 5) is 31.6. The molecule has 0 aliphatic heterocycles. The van der Waals surface area contributed by atoms with Gasteiger partial charge < -0.3 is 14.4 Å². The first kappa shape index (κ1) is 29.9. The van der Waals surface area contributed by atoms with Crippen molar-refractivity contribution in [3.8, 4) is 11.8 Å². The van der Waals surface area contributed by atoms with Crippen molar-refractivity contribution < 1.29 is 23.8 Å². The Morgan fingerprint density at radius 1 is 1.24 bits per heavy atom. The topological polar surface area (TPSA) is 123 Å². The lowest BCUT2D eigenvalue weighted by atomic mass is 9.45. The van der Waals surface area contributed by atoms with Gasteiger partial charge in [0.05, 0.1) is 41.8 Å². The van der Waals surface area contributed by atoms with Gasteiger partial charge in [-0.3, -0.25) is 4.79 Å². The van der Waals surface area contributed by atoms with Gasteiger partial charge in [-0.05, 0) is 97.6 Å². The number of carbonyl (C=O) groups excluding carboxylic acids is 2. The van der Waals surface area contributed by atoms with Gasteiger partial charge in [-0.2, -0.15) is 10.4 Å². The van der Waals surface area contributed by atoms with Crippen LogP contribution in [0.5, 0.6) is 0 Å². The molecule has 9 nitrogen and oxygen atoms in total. The number of nitriles is 1. The van der Waals surface area contributed by atoms with Crippen molar-refractivity contribution in [2.45, 2.75) is 64.1 Å². The Morgan fingerprint density at radius 2 is 2.02 bits per heavy atom. The van der Waals surface area contributed by atoms with Gasteiger partial charge in [0.25, 0.3) is 0 Å². The van der Waals surface area contributed by atoms with E-state index in [1.165, 1.54) is 24.0 Å². The SMILES string of the molecule is Cn1cnc(C(=O)O[C@]2(C(=O)SCC#N)CC[C@H]3[C@@H]4CCC5=Cc6c(cnn6-c6ccc(F)cc6)C[C@]5(C)[C@H]4[C@@H](O)C[C@@]32C)c1. The Bertz CT molecular complexity index is 1760. The standard InChI is InChI=1S/C34H36FN5O4S/c1-32-15-20-17-38-40(23-7-5-22(35)6-8-23)27(20)14-21(32)4-9-24-25-10-11-34(31(43)45-13-12-36,33(25,2)16-28(41)29(24)32)44-30(42)26-18-39(3)19-37-26/h5-8,14,17-19,24-25,28-29,41H,4,9-11,13,15-16H2,1-3H3/t24-,25-,28-,29+,32-,33-,34-/m0/s1. The lowest BCUT2D eigenvalue weighted by Crippen LogP contribution is -2.62. The van der Waals surface area contributed by atoms with Crippen LogP contribution in [-0.2, 0) is 23.0 Å². The number of aryl methyl sites for hydroxylation is 1. The summed E-state index contributed by atoms with van der Waals surface area (Å²) in [5.74, 6) is -0.914. The van der Waals surface area contributed by atoms with Gasteiger partial charge in [0.1, 0.15) is 5.82 Å². The quantitative estimate of drug-likeness (QED) is 0.379. The summed E-state index contributed by atoms with van der Waals surface area (Å²) in [6, 6.07) is 8.34. The van der Waals surface area contributed by atoms with Gasteiger partial charge in [-0.25, -0.2) is 18.9 Å². The number of hydrogen-bond donors (Lipinski definition) is 1. The second-order valence-corrected chi connectivity index (χ2v) is 14.6. The predicted molar refractivity (Wildman–Crippen MR) is 165 cm³/mol. The lowest BCUT2D eigenvalue weighted by molar-refractivity contribution is -0.174. The van der Waals surface area contributed by atoms with E-state index in [0.29, 0.717) is 25.7 Å². The number of thioether (sulfide) groups is 1. The largest absolute Gasteiger partial charge is 0.445 e. The molecule has 1 aromatic carbocycles. The summed E-state index contributed by atoms with van der Waals surface area (Å²) in [5.41, 5.74) is 1.65. The molecule has 0 spiro atoms. The van der Waals surface area contributed by atoms with Crippen molar-refractivity contribution in [1.82, 2.24) is 19.3 Å². The molecule has 4 aliphatic carbocycles. The summed E-state index contributed by atoms with van der Waals surface area (Å²) in [6.07, 6.45) is 10.1. The van der Waals surface area contributed by atoms with Crippen LogP contribution in [0.2, 0.25) is 0 Å². The molecule has 45 heavy (non-hydrogen) atoms. The zero-order valence-corrected chi connectivity index (χ0v) is 26.4. The first-order valence-corrected chi connectivity index (χ1v) is 16.5. The van der Waals surface area contributed by atoms with Gasteiger partial charge >= 0.3 is 5.97 Å². The predicted octanol–water partition coefficient (Wildman–Crippen LogP) is 5.28. The highest BCUT2D eigenvalue weighted by atomic mass is 32.2. The van der Waals surface area contributed by atoms with E-state index in [1.54, 1.807) is 29.9 Å². The van der Waals surface area contributed by atoms with Crippen molar-refractivity contribution in [2.24, 2.45) is 35.6 Å². The summed E-state index contributed by atoms with van der Waals surface area (Å²) < 4.78 is 23.4. The summed E-state index contributed by atoms with van der Waals surface area (Å²) >= 11 is 0.887. The maximum Gasteiger partial charge on any atom is 0.359 e. The number of aromatic nitrogens is 4. The van der Waals surface area contributed by atoms with E-state index in [0.717, 1.165) is 41.5 Å². The molecule has 3 fully saturated rings. The highest BCUT2D eigenvalue weighted by Crippen LogP contribution is 2.69. The maximum atomic E-state index is 14.0. The summed E-state index contributed by atoms with van der Waals surface area (Å²) in [7, 11) is 1.76. The molecular formula is C34H36FN5O4S. The number of fused-ring (bicyclic) bond motifs is 6. The number of rotatable bonds is 5. The minimum absolute atomic E-state index is 0.0378. The average molecular weight is 630 g/mol. The number of esters is 1. The zero-order valence-electron chi connectivity index (χ0n) is 25.6. The monoisotopic (exact) mass is 629 g/mol. The number of benzene rings is 1. The highest BCUT2D eigenvalue weighted by Gasteiger charge is 2.70. The number of imidazole rings is 1. The number of carbonyl (C=O) groups is 2. The van der Waals surface area contributed by atoms with Crippen LogP contribution >= 0.6 is 11.8 Å². The third-order valence-electron chi connectivity index (χ3n) is 11.4. The average Bonchev–Trinajstić information content (AvgIpc) is 3.70. The first-order valence-electron chi connectivity index (χ1n) is 15.5. The Labute approximate surface area is 265 Å². The van der Waals surface area contributed by atoms with Crippen LogP contribution < -0.4 is 0 Å². The number of aliphatic hydroxyl groups is 1. The number of aliphatic hydroxyl groups excluding tert-OH is 1. The van der Waals surface area contributed by atoms with Crippen molar-refractivity contribution >= 4 is 28.9 Å². The minimum Gasteiger partial charge on any atom is -0.445 e. The highest BCUT2D eigenvalue weighted by molar-refractivity contribution is 8.14. The fourth-order valence-electron chi connectivity index (χ4n) is 9.45. The minimum atomic E-state index is -1.48. The van der Waals surface area contributed by atoms with Gasteiger partial charge in [-0.1, -0.05) is 31.2 Å². The van der Waals surface area contributed by atoms with Crippen molar-refractivity contribution in [3.63, 3.8) is 0 Å². The number of ether oxygens (including phenoxy) is 1. The first-order chi connectivity index (χ1) is 21.5. The Balaban J connectivity index is 1.23. The molecule has 2 aromatic heterocycles. The van der Waals surface area contributed by atoms with Gasteiger partial charge in [0.15, 0.2) is 11.3 Å². The normalized spacial score (nSPS) is 33.2. The second kappa shape index (κ2) is 10.7. The lowest BCUT2D eigenvalue weighted by Gasteiger charge is -2.60. The Kier molecular flexibility index (Phi) is 7.09. The third kappa shape index (κ3) is 4.43. The zero-order chi connectivity index (χ0) is 31.7. The molecule has 0 amide bonds. The van der Waals surface area contributed by atoms with E-state index in [4.69, 9.17) is 4.74 Å². The van der Waals surface area contributed by atoms with Gasteiger partial charge in [-0.15, -0.1) is 0 Å². The van der Waals surface area contributed by atoms with Crippen molar-refractivity contribution in [1.29, 1.82) is 5.26 Å².